The van der Waals surface area contributed by atoms with Crippen molar-refractivity contribution in [2.45, 2.75) is 33.6 Å². The lowest BCUT2D eigenvalue weighted by atomic mass is 9.91. The Labute approximate surface area is 96.3 Å². The van der Waals surface area contributed by atoms with Crippen molar-refractivity contribution in [3.8, 4) is 0 Å². The van der Waals surface area contributed by atoms with Gasteiger partial charge in [-0.25, -0.2) is 0 Å². The van der Waals surface area contributed by atoms with Crippen LogP contribution in [0.1, 0.15) is 42.8 Å². The molecule has 2 heterocycles. The molecule has 0 fully saturated rings. The van der Waals surface area contributed by atoms with E-state index in [0.29, 0.717) is 5.92 Å². The van der Waals surface area contributed by atoms with Crippen LogP contribution in [0.15, 0.2) is 33.1 Å². The van der Waals surface area contributed by atoms with E-state index in [2.05, 4.69) is 13.8 Å². The number of hydrogen-bond acceptors (Lipinski definition) is 2. The van der Waals surface area contributed by atoms with Gasteiger partial charge in [-0.05, 0) is 44.0 Å². The summed E-state index contributed by atoms with van der Waals surface area (Å²) in [5.41, 5.74) is 0. The van der Waals surface area contributed by atoms with E-state index in [9.17, 15) is 0 Å². The summed E-state index contributed by atoms with van der Waals surface area (Å²) in [6, 6.07) is 8.08. The number of rotatable bonds is 3. The molecular formula is C14H18O2. The second kappa shape index (κ2) is 4.20. The molecule has 0 atom stereocenters. The molecule has 2 aromatic rings. The van der Waals surface area contributed by atoms with Crippen molar-refractivity contribution in [2.24, 2.45) is 5.92 Å². The molecule has 0 spiro atoms. The molecular weight excluding hydrogens is 200 g/mol. The van der Waals surface area contributed by atoms with Gasteiger partial charge < -0.3 is 8.83 Å². The average Bonchev–Trinajstić information content (AvgIpc) is 2.76. The van der Waals surface area contributed by atoms with Gasteiger partial charge in [-0.3, -0.25) is 0 Å². The molecule has 0 radical (unpaired) electrons. The van der Waals surface area contributed by atoms with E-state index in [-0.39, 0.29) is 5.92 Å². The van der Waals surface area contributed by atoms with Gasteiger partial charge in [0.05, 0.1) is 5.92 Å². The minimum Gasteiger partial charge on any atom is -0.466 e. The Balaban J connectivity index is 2.38. The lowest BCUT2D eigenvalue weighted by Crippen LogP contribution is -2.06. The van der Waals surface area contributed by atoms with Crippen LogP contribution in [0.25, 0.3) is 0 Å². The largest absolute Gasteiger partial charge is 0.466 e. The van der Waals surface area contributed by atoms with E-state index < -0.39 is 0 Å². The zero-order valence-corrected chi connectivity index (χ0v) is 10.3. The quantitative estimate of drug-likeness (QED) is 0.768. The van der Waals surface area contributed by atoms with Crippen molar-refractivity contribution < 1.29 is 8.83 Å². The zero-order valence-electron chi connectivity index (χ0n) is 10.3. The highest BCUT2D eigenvalue weighted by molar-refractivity contribution is 5.22. The lowest BCUT2D eigenvalue weighted by molar-refractivity contribution is 0.362. The van der Waals surface area contributed by atoms with Gasteiger partial charge in [0, 0.05) is 0 Å². The Hall–Kier alpha value is -1.44. The van der Waals surface area contributed by atoms with Crippen molar-refractivity contribution in [1.29, 1.82) is 0 Å². The van der Waals surface area contributed by atoms with Gasteiger partial charge in [-0.2, -0.15) is 0 Å². The third-order valence-corrected chi connectivity index (χ3v) is 2.80. The molecule has 0 bridgehead atoms. The van der Waals surface area contributed by atoms with Crippen LogP contribution < -0.4 is 0 Å². The summed E-state index contributed by atoms with van der Waals surface area (Å²) in [7, 11) is 0. The van der Waals surface area contributed by atoms with E-state index >= 15 is 0 Å². The first-order valence-corrected chi connectivity index (χ1v) is 5.70. The van der Waals surface area contributed by atoms with E-state index in [1.165, 1.54) is 0 Å². The molecule has 2 nitrogen and oxygen atoms in total. The summed E-state index contributed by atoms with van der Waals surface area (Å²) >= 11 is 0. The predicted molar refractivity (Wildman–Crippen MR) is 63.6 cm³/mol. The van der Waals surface area contributed by atoms with Crippen LogP contribution in [-0.2, 0) is 0 Å². The predicted octanol–water partition coefficient (Wildman–Crippen LogP) is 4.28. The van der Waals surface area contributed by atoms with Gasteiger partial charge >= 0.3 is 0 Å². The SMILES string of the molecule is Cc1ccc(C(c2ccc(C)o2)C(C)C)o1. The minimum absolute atomic E-state index is 0.211. The fourth-order valence-corrected chi connectivity index (χ4v) is 2.04. The first-order chi connectivity index (χ1) is 7.58. The fraction of sp³-hybridized carbons (Fsp3) is 0.429. The third-order valence-electron chi connectivity index (χ3n) is 2.80. The summed E-state index contributed by atoms with van der Waals surface area (Å²) in [6.45, 7) is 8.29. The van der Waals surface area contributed by atoms with Crippen LogP contribution in [-0.4, -0.2) is 0 Å². The summed E-state index contributed by atoms with van der Waals surface area (Å²) in [5, 5.41) is 0. The molecule has 86 valence electrons. The highest BCUT2D eigenvalue weighted by Gasteiger charge is 2.24. The van der Waals surface area contributed by atoms with Crippen LogP contribution in [0.4, 0.5) is 0 Å². The molecule has 0 aliphatic heterocycles. The first-order valence-electron chi connectivity index (χ1n) is 5.70. The van der Waals surface area contributed by atoms with Gasteiger partial charge in [-0.1, -0.05) is 13.8 Å². The fourth-order valence-electron chi connectivity index (χ4n) is 2.04. The van der Waals surface area contributed by atoms with Crippen molar-refractivity contribution in [1.82, 2.24) is 0 Å². The number of hydrogen-bond donors (Lipinski definition) is 0. The van der Waals surface area contributed by atoms with Crippen molar-refractivity contribution in [3.63, 3.8) is 0 Å². The molecule has 0 unspecified atom stereocenters. The monoisotopic (exact) mass is 218 g/mol. The van der Waals surface area contributed by atoms with Gasteiger partial charge in [0.1, 0.15) is 23.0 Å². The van der Waals surface area contributed by atoms with Crippen LogP contribution >= 0.6 is 0 Å². The second-order valence-electron chi connectivity index (χ2n) is 4.62. The van der Waals surface area contributed by atoms with Crippen LogP contribution in [0.5, 0.6) is 0 Å². The second-order valence-corrected chi connectivity index (χ2v) is 4.62. The molecule has 0 saturated heterocycles. The third kappa shape index (κ3) is 2.06. The Morgan fingerprint density at radius 2 is 1.25 bits per heavy atom. The Morgan fingerprint density at radius 1 is 0.812 bits per heavy atom. The Morgan fingerprint density at radius 3 is 1.50 bits per heavy atom. The number of furan rings is 2. The molecule has 16 heavy (non-hydrogen) atoms. The topological polar surface area (TPSA) is 26.3 Å². The molecule has 0 aliphatic carbocycles. The van der Waals surface area contributed by atoms with Gasteiger partial charge in [0.25, 0.3) is 0 Å². The summed E-state index contributed by atoms with van der Waals surface area (Å²) < 4.78 is 11.4. The minimum atomic E-state index is 0.211. The van der Waals surface area contributed by atoms with Crippen LogP contribution in [0.2, 0.25) is 0 Å². The molecule has 2 aromatic heterocycles. The van der Waals surface area contributed by atoms with Crippen LogP contribution in [0, 0.1) is 19.8 Å². The summed E-state index contributed by atoms with van der Waals surface area (Å²) in [5.74, 6) is 4.54. The van der Waals surface area contributed by atoms with Crippen LogP contribution in [0.3, 0.4) is 0 Å². The van der Waals surface area contributed by atoms with Crippen molar-refractivity contribution >= 4 is 0 Å². The Kier molecular flexibility index (Phi) is 2.90. The highest BCUT2D eigenvalue weighted by Crippen LogP contribution is 2.33. The lowest BCUT2D eigenvalue weighted by Gasteiger charge is -2.16. The van der Waals surface area contributed by atoms with Crippen molar-refractivity contribution in [3.05, 3.63) is 47.3 Å². The normalized spacial score (nSPS) is 11.6. The molecule has 2 heteroatoms. The zero-order chi connectivity index (χ0) is 11.7. The smallest absolute Gasteiger partial charge is 0.115 e. The van der Waals surface area contributed by atoms with E-state index in [4.69, 9.17) is 8.83 Å². The van der Waals surface area contributed by atoms with Gasteiger partial charge in [0.2, 0.25) is 0 Å². The molecule has 0 aliphatic rings. The molecule has 0 amide bonds. The maximum absolute atomic E-state index is 5.71. The molecule has 0 N–H and O–H groups in total. The average molecular weight is 218 g/mol. The van der Waals surface area contributed by atoms with Gasteiger partial charge in [0.15, 0.2) is 0 Å². The van der Waals surface area contributed by atoms with E-state index in [1.54, 1.807) is 0 Å². The highest BCUT2D eigenvalue weighted by atomic mass is 16.4. The molecule has 0 saturated carbocycles. The Bertz CT molecular complexity index is 422. The standard InChI is InChI=1S/C14H18O2/c1-9(2)14(12-7-5-10(3)15-12)13-8-6-11(4)16-13/h5-9,14H,1-4H3. The number of aryl methyl sites for hydroxylation is 2. The van der Waals surface area contributed by atoms with Crippen molar-refractivity contribution in [2.75, 3.05) is 0 Å². The van der Waals surface area contributed by atoms with Gasteiger partial charge in [-0.15, -0.1) is 0 Å². The molecule has 2 rings (SSSR count). The summed E-state index contributed by atoms with van der Waals surface area (Å²) in [4.78, 5) is 0. The maximum atomic E-state index is 5.71. The molecule has 0 aromatic carbocycles. The van der Waals surface area contributed by atoms with E-state index in [0.717, 1.165) is 23.0 Å². The maximum Gasteiger partial charge on any atom is 0.115 e. The first kappa shape index (κ1) is 11.1. The summed E-state index contributed by atoms with van der Waals surface area (Å²) in [6.07, 6.45) is 0. The van der Waals surface area contributed by atoms with E-state index in [1.807, 2.05) is 38.1 Å².